The number of carbonyl (C=O) groups is 1. The lowest BCUT2D eigenvalue weighted by molar-refractivity contribution is -0.167. The van der Waals surface area contributed by atoms with E-state index in [4.69, 9.17) is 9.57 Å². The summed E-state index contributed by atoms with van der Waals surface area (Å²) in [6.07, 6.45) is 2.05. The van der Waals surface area contributed by atoms with Gasteiger partial charge < -0.3 is 4.74 Å². The predicted octanol–water partition coefficient (Wildman–Crippen LogP) is 4.17. The average molecular weight is 401 g/mol. The second-order valence-electron chi connectivity index (χ2n) is 6.96. The molecule has 3 aromatic carbocycles. The lowest BCUT2D eigenvalue weighted by atomic mass is 10.1. The number of hydroxylamine groups is 2. The standard InChI is InChI=1S/C24H23N3O3/c1-26(29-2)24(28)15-19-8-13-22-23(14-19)27(17-25-22)20-9-11-21(12-10-20)30-16-18-6-4-3-5-7-18/h3-14,17H,15-16H2,1-2H3. The van der Waals surface area contributed by atoms with Gasteiger partial charge in [-0.3, -0.25) is 14.2 Å². The summed E-state index contributed by atoms with van der Waals surface area (Å²) >= 11 is 0. The van der Waals surface area contributed by atoms with Crippen molar-refractivity contribution in [1.82, 2.24) is 14.6 Å². The van der Waals surface area contributed by atoms with Crippen molar-refractivity contribution in [2.75, 3.05) is 14.2 Å². The molecule has 4 aromatic rings. The van der Waals surface area contributed by atoms with E-state index >= 15 is 0 Å². The molecule has 6 nitrogen and oxygen atoms in total. The number of imidazole rings is 1. The molecule has 0 atom stereocenters. The molecule has 0 fully saturated rings. The molecule has 0 bridgehead atoms. The van der Waals surface area contributed by atoms with Gasteiger partial charge in [0.15, 0.2) is 0 Å². The van der Waals surface area contributed by atoms with Gasteiger partial charge in [0.05, 0.1) is 24.6 Å². The molecule has 0 aliphatic carbocycles. The molecule has 0 aliphatic heterocycles. The second-order valence-corrected chi connectivity index (χ2v) is 6.96. The molecule has 1 heterocycles. The van der Waals surface area contributed by atoms with E-state index < -0.39 is 0 Å². The first-order valence-corrected chi connectivity index (χ1v) is 9.68. The molecule has 152 valence electrons. The number of fused-ring (bicyclic) bond motifs is 1. The van der Waals surface area contributed by atoms with Gasteiger partial charge in [0, 0.05) is 12.7 Å². The molecule has 0 saturated heterocycles. The van der Waals surface area contributed by atoms with E-state index in [0.29, 0.717) is 6.61 Å². The van der Waals surface area contributed by atoms with Crippen molar-refractivity contribution < 1.29 is 14.4 Å². The van der Waals surface area contributed by atoms with E-state index in [1.807, 2.05) is 77.4 Å². The van der Waals surface area contributed by atoms with Crippen LogP contribution in [0, 0.1) is 0 Å². The Kier molecular flexibility index (Phi) is 5.77. The van der Waals surface area contributed by atoms with E-state index in [1.165, 1.54) is 12.2 Å². The van der Waals surface area contributed by atoms with Crippen LogP contribution >= 0.6 is 0 Å². The number of rotatable bonds is 7. The highest BCUT2D eigenvalue weighted by Crippen LogP contribution is 2.22. The lowest BCUT2D eigenvalue weighted by Crippen LogP contribution is -2.26. The minimum Gasteiger partial charge on any atom is -0.489 e. The smallest absolute Gasteiger partial charge is 0.250 e. The summed E-state index contributed by atoms with van der Waals surface area (Å²) in [5.41, 5.74) is 4.82. The fourth-order valence-electron chi connectivity index (χ4n) is 3.20. The van der Waals surface area contributed by atoms with Crippen LogP contribution in [0.5, 0.6) is 5.75 Å². The van der Waals surface area contributed by atoms with Gasteiger partial charge in [0.2, 0.25) is 5.91 Å². The minimum absolute atomic E-state index is 0.108. The molecule has 6 heteroatoms. The Balaban J connectivity index is 1.52. The molecule has 1 amide bonds. The maximum Gasteiger partial charge on any atom is 0.250 e. The zero-order valence-electron chi connectivity index (χ0n) is 17.0. The van der Waals surface area contributed by atoms with Gasteiger partial charge in [0.25, 0.3) is 0 Å². The number of hydrogen-bond donors (Lipinski definition) is 0. The Morgan fingerprint density at radius 3 is 2.50 bits per heavy atom. The van der Waals surface area contributed by atoms with Gasteiger partial charge in [-0.05, 0) is 47.5 Å². The van der Waals surface area contributed by atoms with E-state index in [-0.39, 0.29) is 12.3 Å². The highest BCUT2D eigenvalue weighted by Gasteiger charge is 2.11. The number of hydrogen-bond acceptors (Lipinski definition) is 4. The molecular weight excluding hydrogens is 378 g/mol. The van der Waals surface area contributed by atoms with Gasteiger partial charge in [-0.1, -0.05) is 36.4 Å². The number of amides is 1. The Hall–Kier alpha value is -3.64. The highest BCUT2D eigenvalue weighted by molar-refractivity contribution is 5.82. The van der Waals surface area contributed by atoms with Crippen molar-refractivity contribution in [1.29, 1.82) is 0 Å². The molecule has 0 spiro atoms. The van der Waals surface area contributed by atoms with Crippen LogP contribution in [0.3, 0.4) is 0 Å². The monoisotopic (exact) mass is 401 g/mol. The van der Waals surface area contributed by atoms with Gasteiger partial charge in [-0.2, -0.15) is 0 Å². The number of benzene rings is 3. The lowest BCUT2D eigenvalue weighted by Gasteiger charge is -2.13. The van der Waals surface area contributed by atoms with E-state index in [2.05, 4.69) is 4.98 Å². The molecule has 0 N–H and O–H groups in total. The maximum absolute atomic E-state index is 12.1. The third-order valence-corrected chi connectivity index (χ3v) is 4.96. The summed E-state index contributed by atoms with van der Waals surface area (Å²) in [5.74, 6) is 0.698. The predicted molar refractivity (Wildman–Crippen MR) is 115 cm³/mol. The van der Waals surface area contributed by atoms with Crippen LogP contribution in [0.1, 0.15) is 11.1 Å². The van der Waals surface area contributed by atoms with Crippen LogP contribution in [-0.2, 0) is 22.7 Å². The number of likely N-dealkylation sites (N-methyl/N-ethyl adjacent to an activating group) is 1. The van der Waals surface area contributed by atoms with E-state index in [9.17, 15) is 4.79 Å². The summed E-state index contributed by atoms with van der Waals surface area (Å²) in [5, 5.41) is 1.23. The van der Waals surface area contributed by atoms with Crippen molar-refractivity contribution in [2.24, 2.45) is 0 Å². The molecule has 0 unspecified atom stereocenters. The largest absolute Gasteiger partial charge is 0.489 e. The van der Waals surface area contributed by atoms with Crippen LogP contribution in [-0.4, -0.2) is 34.7 Å². The Bertz CT molecular complexity index is 1140. The zero-order chi connectivity index (χ0) is 20.9. The summed E-state index contributed by atoms with van der Waals surface area (Å²) in [6.45, 7) is 0.529. The molecule has 0 saturated carbocycles. The van der Waals surface area contributed by atoms with Crippen LogP contribution in [0.2, 0.25) is 0 Å². The maximum atomic E-state index is 12.1. The third kappa shape index (κ3) is 4.34. The van der Waals surface area contributed by atoms with Crippen LogP contribution in [0.25, 0.3) is 16.7 Å². The first kappa shape index (κ1) is 19.7. The fraction of sp³-hybridized carbons (Fsp3) is 0.167. The Labute approximate surface area is 175 Å². The Morgan fingerprint density at radius 1 is 1.00 bits per heavy atom. The second kappa shape index (κ2) is 8.80. The number of nitrogens with zero attached hydrogens (tertiary/aromatic N) is 3. The first-order valence-electron chi connectivity index (χ1n) is 9.68. The highest BCUT2D eigenvalue weighted by atomic mass is 16.7. The third-order valence-electron chi connectivity index (χ3n) is 4.96. The molecule has 4 rings (SSSR count). The number of ether oxygens (including phenoxy) is 1. The van der Waals surface area contributed by atoms with Crippen molar-refractivity contribution in [3.63, 3.8) is 0 Å². The zero-order valence-corrected chi connectivity index (χ0v) is 17.0. The molecule has 0 aliphatic rings. The quantitative estimate of drug-likeness (QED) is 0.436. The summed E-state index contributed by atoms with van der Waals surface area (Å²) < 4.78 is 7.87. The van der Waals surface area contributed by atoms with Gasteiger partial charge in [0.1, 0.15) is 18.7 Å². The van der Waals surface area contributed by atoms with Gasteiger partial charge >= 0.3 is 0 Å². The van der Waals surface area contributed by atoms with Crippen molar-refractivity contribution >= 4 is 16.9 Å². The van der Waals surface area contributed by atoms with Gasteiger partial charge in [-0.25, -0.2) is 10.0 Å². The molecular formula is C24H23N3O3. The van der Waals surface area contributed by atoms with Crippen molar-refractivity contribution in [2.45, 2.75) is 13.0 Å². The summed E-state index contributed by atoms with van der Waals surface area (Å²) in [6, 6.07) is 23.8. The van der Waals surface area contributed by atoms with Crippen LogP contribution in [0.15, 0.2) is 79.1 Å². The molecule has 30 heavy (non-hydrogen) atoms. The van der Waals surface area contributed by atoms with E-state index in [1.54, 1.807) is 13.4 Å². The summed E-state index contributed by atoms with van der Waals surface area (Å²) in [7, 11) is 3.08. The number of aromatic nitrogens is 2. The van der Waals surface area contributed by atoms with Crippen molar-refractivity contribution in [3.05, 3.63) is 90.3 Å². The van der Waals surface area contributed by atoms with E-state index in [0.717, 1.165) is 33.6 Å². The topological polar surface area (TPSA) is 56.6 Å². The molecule has 1 aromatic heterocycles. The fourth-order valence-corrected chi connectivity index (χ4v) is 3.20. The molecule has 0 radical (unpaired) electrons. The summed E-state index contributed by atoms with van der Waals surface area (Å²) in [4.78, 5) is 21.6. The SMILES string of the molecule is CON(C)C(=O)Cc1ccc2ncn(-c3ccc(OCc4ccccc4)cc3)c2c1. The van der Waals surface area contributed by atoms with Crippen LogP contribution < -0.4 is 4.74 Å². The average Bonchev–Trinajstić information content (AvgIpc) is 3.21. The van der Waals surface area contributed by atoms with Crippen molar-refractivity contribution in [3.8, 4) is 11.4 Å². The first-order chi connectivity index (χ1) is 14.6. The minimum atomic E-state index is -0.108. The normalized spacial score (nSPS) is 10.9. The Morgan fingerprint density at radius 2 is 1.77 bits per heavy atom. The van der Waals surface area contributed by atoms with Gasteiger partial charge in [-0.15, -0.1) is 0 Å². The number of carbonyl (C=O) groups excluding carboxylic acids is 1. The van der Waals surface area contributed by atoms with Crippen LogP contribution in [0.4, 0.5) is 0 Å².